The molecule has 0 unspecified atom stereocenters. The first kappa shape index (κ1) is 21.3. The zero-order chi connectivity index (χ0) is 23.7. The van der Waals surface area contributed by atoms with E-state index in [-0.39, 0.29) is 11.6 Å². The maximum absolute atomic E-state index is 11.4. The van der Waals surface area contributed by atoms with Crippen LogP contribution in [0.5, 0.6) is 11.8 Å². The molecule has 0 atom stereocenters. The van der Waals surface area contributed by atoms with Crippen LogP contribution >= 0.6 is 11.6 Å². The van der Waals surface area contributed by atoms with Gasteiger partial charge in [0.1, 0.15) is 5.75 Å². The van der Waals surface area contributed by atoms with Crippen LogP contribution in [-0.4, -0.2) is 30.8 Å². The Labute approximate surface area is 199 Å². The van der Waals surface area contributed by atoms with Gasteiger partial charge in [0.25, 0.3) is 6.01 Å². The van der Waals surface area contributed by atoms with E-state index in [1.165, 1.54) is 6.07 Å². The number of hydrogen-bond donors (Lipinski definition) is 2. The van der Waals surface area contributed by atoms with E-state index in [0.717, 1.165) is 11.3 Å². The Morgan fingerprint density at radius 1 is 1.12 bits per heavy atom. The Morgan fingerprint density at radius 3 is 2.68 bits per heavy atom. The molecule has 0 saturated carbocycles. The van der Waals surface area contributed by atoms with Crippen LogP contribution in [-0.2, 0) is 0 Å². The van der Waals surface area contributed by atoms with Crippen molar-refractivity contribution in [1.29, 1.82) is 0 Å². The summed E-state index contributed by atoms with van der Waals surface area (Å²) in [6.07, 6.45) is 3.60. The van der Waals surface area contributed by atoms with Crippen molar-refractivity contribution in [3.05, 3.63) is 100 Å². The fourth-order valence-electron chi connectivity index (χ4n) is 3.42. The third-order valence-electron chi connectivity index (χ3n) is 5.18. The number of carboxylic acids is 1. The number of aryl methyl sites for hydroxylation is 1. The number of rotatable bonds is 4. The molecule has 2 aromatic heterocycles. The molecule has 0 spiro atoms. The predicted octanol–water partition coefficient (Wildman–Crippen LogP) is 5.60. The Kier molecular flexibility index (Phi) is 5.50. The number of benzene rings is 3. The van der Waals surface area contributed by atoms with Gasteiger partial charge in [-0.25, -0.2) is 9.48 Å². The molecule has 0 aliphatic carbocycles. The highest BCUT2D eigenvalue weighted by Crippen LogP contribution is 2.27. The van der Waals surface area contributed by atoms with Gasteiger partial charge in [-0.1, -0.05) is 29.5 Å². The SMILES string of the molecule is Cc1ccc(Oc2nc3cc(Cl)c(C#Cc4ccc(-n5cccn5)cc4)cc3[nH]2)cc1C(=O)O. The maximum atomic E-state index is 11.4. The molecular weight excluding hydrogens is 452 g/mol. The molecule has 2 N–H and O–H groups in total. The molecule has 5 rings (SSSR count). The molecule has 0 aliphatic rings. The lowest BCUT2D eigenvalue weighted by molar-refractivity contribution is 0.0695. The first-order valence-corrected chi connectivity index (χ1v) is 10.7. The van der Waals surface area contributed by atoms with Crippen LogP contribution in [0.1, 0.15) is 27.0 Å². The lowest BCUT2D eigenvalue weighted by atomic mass is 10.1. The molecule has 7 nitrogen and oxygen atoms in total. The van der Waals surface area contributed by atoms with Crippen molar-refractivity contribution in [2.75, 3.05) is 0 Å². The average Bonchev–Trinajstić information content (AvgIpc) is 3.49. The third-order valence-corrected chi connectivity index (χ3v) is 5.49. The van der Waals surface area contributed by atoms with Gasteiger partial charge in [-0.05, 0) is 67.1 Å². The van der Waals surface area contributed by atoms with Gasteiger partial charge in [-0.15, -0.1) is 0 Å². The van der Waals surface area contributed by atoms with Crippen LogP contribution in [0.15, 0.2) is 73.1 Å². The highest BCUT2D eigenvalue weighted by Gasteiger charge is 2.12. The summed E-state index contributed by atoms with van der Waals surface area (Å²) in [5.41, 5.74) is 4.56. The fraction of sp³-hybridized carbons (Fsp3) is 0.0385. The number of ether oxygens (including phenoxy) is 1. The van der Waals surface area contributed by atoms with Gasteiger partial charge >= 0.3 is 5.97 Å². The minimum absolute atomic E-state index is 0.173. The second kappa shape index (κ2) is 8.77. The first-order valence-electron chi connectivity index (χ1n) is 10.3. The van der Waals surface area contributed by atoms with E-state index in [0.29, 0.717) is 32.9 Å². The Balaban J connectivity index is 1.39. The summed E-state index contributed by atoms with van der Waals surface area (Å²) in [5.74, 6) is 5.58. The molecule has 2 heterocycles. The number of H-pyrrole nitrogens is 1. The molecule has 0 saturated heterocycles. The van der Waals surface area contributed by atoms with Gasteiger partial charge in [0, 0.05) is 23.5 Å². The van der Waals surface area contributed by atoms with Crippen molar-refractivity contribution in [2.24, 2.45) is 0 Å². The van der Waals surface area contributed by atoms with Crippen molar-refractivity contribution in [1.82, 2.24) is 19.7 Å². The lowest BCUT2D eigenvalue weighted by Gasteiger charge is -2.05. The normalized spacial score (nSPS) is 10.6. The van der Waals surface area contributed by atoms with Crippen LogP contribution in [0.25, 0.3) is 16.7 Å². The molecule has 166 valence electrons. The number of nitrogens with zero attached hydrogens (tertiary/aromatic N) is 3. The number of hydrogen-bond acceptors (Lipinski definition) is 4. The van der Waals surface area contributed by atoms with Crippen molar-refractivity contribution in [2.45, 2.75) is 6.92 Å². The zero-order valence-electron chi connectivity index (χ0n) is 17.9. The van der Waals surface area contributed by atoms with E-state index < -0.39 is 5.97 Å². The van der Waals surface area contributed by atoms with Gasteiger partial charge in [-0.3, -0.25) is 0 Å². The molecule has 0 aliphatic heterocycles. The molecule has 3 aromatic carbocycles. The summed E-state index contributed by atoms with van der Waals surface area (Å²) >= 11 is 6.43. The minimum atomic E-state index is -1.02. The summed E-state index contributed by atoms with van der Waals surface area (Å²) in [7, 11) is 0. The molecule has 8 heteroatoms. The van der Waals surface area contributed by atoms with E-state index in [9.17, 15) is 9.90 Å². The number of carboxylic acid groups (broad SMARTS) is 1. The minimum Gasteiger partial charge on any atom is -0.478 e. The summed E-state index contributed by atoms with van der Waals surface area (Å²) in [6, 6.07) is 18.2. The molecule has 0 radical (unpaired) electrons. The molecule has 0 bridgehead atoms. The zero-order valence-corrected chi connectivity index (χ0v) is 18.7. The number of aromatic nitrogens is 4. The highest BCUT2D eigenvalue weighted by atomic mass is 35.5. The smallest absolute Gasteiger partial charge is 0.336 e. The fourth-order valence-corrected chi connectivity index (χ4v) is 3.62. The standard InChI is InChI=1S/C26H17ClN4O3/c1-16-3-10-20(14-21(16)25(32)33)34-26-29-23-13-18(22(27)15-24(23)30-26)7-4-17-5-8-19(9-6-17)31-12-2-11-28-31/h2-3,5-6,8-15H,1H3,(H,29,30)(H,32,33). The van der Waals surface area contributed by atoms with Gasteiger partial charge in [-0.2, -0.15) is 10.1 Å². The van der Waals surface area contributed by atoms with Gasteiger partial charge < -0.3 is 14.8 Å². The second-order valence-corrected chi connectivity index (χ2v) is 7.93. The van der Waals surface area contributed by atoms with Crippen LogP contribution in [0, 0.1) is 18.8 Å². The summed E-state index contributed by atoms with van der Waals surface area (Å²) < 4.78 is 7.52. The Morgan fingerprint density at radius 2 is 1.94 bits per heavy atom. The summed E-state index contributed by atoms with van der Waals surface area (Å²) in [5, 5.41) is 14.0. The molecule has 5 aromatic rings. The van der Waals surface area contributed by atoms with E-state index in [1.807, 2.05) is 36.5 Å². The Bertz CT molecular complexity index is 1580. The van der Waals surface area contributed by atoms with Gasteiger partial charge in [0.05, 0.1) is 27.3 Å². The van der Waals surface area contributed by atoms with E-state index in [4.69, 9.17) is 16.3 Å². The molecule has 0 fully saturated rings. The molecule has 0 amide bonds. The van der Waals surface area contributed by atoms with Crippen molar-refractivity contribution >= 4 is 28.6 Å². The van der Waals surface area contributed by atoms with E-state index in [1.54, 1.807) is 42.1 Å². The Hall–Kier alpha value is -4.54. The van der Waals surface area contributed by atoms with Crippen LogP contribution in [0.4, 0.5) is 0 Å². The topological polar surface area (TPSA) is 93.0 Å². The number of fused-ring (bicyclic) bond motifs is 1. The second-order valence-electron chi connectivity index (χ2n) is 7.52. The molecule has 34 heavy (non-hydrogen) atoms. The number of carbonyl (C=O) groups is 1. The first-order chi connectivity index (χ1) is 16.5. The van der Waals surface area contributed by atoms with Crippen LogP contribution in [0.2, 0.25) is 5.02 Å². The van der Waals surface area contributed by atoms with E-state index in [2.05, 4.69) is 26.9 Å². The van der Waals surface area contributed by atoms with E-state index >= 15 is 0 Å². The van der Waals surface area contributed by atoms with Crippen molar-refractivity contribution in [3.8, 4) is 29.3 Å². The third kappa shape index (κ3) is 4.35. The molecular formula is C26H17ClN4O3. The van der Waals surface area contributed by atoms with Crippen molar-refractivity contribution in [3.63, 3.8) is 0 Å². The monoisotopic (exact) mass is 468 g/mol. The lowest BCUT2D eigenvalue weighted by Crippen LogP contribution is -2.00. The maximum Gasteiger partial charge on any atom is 0.336 e. The average molecular weight is 469 g/mol. The van der Waals surface area contributed by atoms with Gasteiger partial charge in [0.2, 0.25) is 0 Å². The number of nitrogens with one attached hydrogen (secondary N) is 1. The quantitative estimate of drug-likeness (QED) is 0.335. The number of imidazole rings is 1. The van der Waals surface area contributed by atoms with Crippen molar-refractivity contribution < 1.29 is 14.6 Å². The number of halogens is 1. The highest BCUT2D eigenvalue weighted by molar-refractivity contribution is 6.32. The van der Waals surface area contributed by atoms with Crippen LogP contribution < -0.4 is 4.74 Å². The summed E-state index contributed by atoms with van der Waals surface area (Å²) in [4.78, 5) is 18.8. The number of aromatic carboxylic acids is 1. The largest absolute Gasteiger partial charge is 0.478 e. The summed E-state index contributed by atoms with van der Waals surface area (Å²) in [6.45, 7) is 1.73. The predicted molar refractivity (Wildman–Crippen MR) is 129 cm³/mol. The van der Waals surface area contributed by atoms with Crippen LogP contribution in [0.3, 0.4) is 0 Å². The number of aromatic amines is 1. The van der Waals surface area contributed by atoms with Gasteiger partial charge in [0.15, 0.2) is 0 Å².